The van der Waals surface area contributed by atoms with E-state index in [1.807, 2.05) is 30.3 Å². The maximum Gasteiger partial charge on any atom is 0.262 e. The van der Waals surface area contributed by atoms with Crippen molar-refractivity contribution < 1.29 is 17.9 Å². The number of hydrogen-bond acceptors (Lipinski definition) is 4. The molecule has 0 saturated carbocycles. The van der Waals surface area contributed by atoms with E-state index in [1.54, 1.807) is 28.6 Å². The van der Waals surface area contributed by atoms with Crippen molar-refractivity contribution in [3.63, 3.8) is 0 Å². The van der Waals surface area contributed by atoms with Gasteiger partial charge in [0.05, 0.1) is 4.90 Å². The summed E-state index contributed by atoms with van der Waals surface area (Å²) < 4.78 is 35.3. The summed E-state index contributed by atoms with van der Waals surface area (Å²) >= 11 is 0. The molecule has 1 saturated heterocycles. The molecule has 0 unspecified atom stereocenters. The minimum absolute atomic E-state index is 0.174. The van der Waals surface area contributed by atoms with Crippen molar-refractivity contribution in [2.75, 3.05) is 25.0 Å². The molecule has 1 aromatic heterocycles. The molecule has 36 heavy (non-hydrogen) atoms. The number of hydrogen-bond donors (Lipinski definition) is 1. The molecule has 1 fully saturated rings. The first-order valence-electron chi connectivity index (χ1n) is 12.5. The number of fused-ring (bicyclic) bond motifs is 3. The van der Waals surface area contributed by atoms with E-state index in [1.165, 1.54) is 5.52 Å². The summed E-state index contributed by atoms with van der Waals surface area (Å²) in [6, 6.07) is 20.5. The Bertz CT molecular complexity index is 1480. The highest BCUT2D eigenvalue weighted by Gasteiger charge is 2.25. The Morgan fingerprint density at radius 2 is 1.58 bits per heavy atom. The molecule has 4 aromatic rings. The Labute approximate surface area is 211 Å². The van der Waals surface area contributed by atoms with Crippen LogP contribution in [0.5, 0.6) is 5.75 Å². The molecule has 0 atom stereocenters. The van der Waals surface area contributed by atoms with Gasteiger partial charge in [0.25, 0.3) is 5.91 Å². The third kappa shape index (κ3) is 4.83. The summed E-state index contributed by atoms with van der Waals surface area (Å²) in [5.41, 5.74) is 3.00. The lowest BCUT2D eigenvalue weighted by molar-refractivity contribution is -0.118. The number of sulfonamides is 1. The van der Waals surface area contributed by atoms with Gasteiger partial charge < -0.3 is 14.6 Å². The molecule has 1 aliphatic rings. The van der Waals surface area contributed by atoms with Crippen LogP contribution in [0.15, 0.2) is 71.6 Å². The standard InChI is InChI=1S/C28H31N3O4S/c1-2-31-26-10-6-5-9-24(26)25-19-21(11-16-27(25)31)29-28(32)20-35-22-12-14-23(15-13-22)36(33,34)30-17-7-3-4-8-18-30/h5-6,9-16,19H,2-4,7-8,17-18,20H2,1H3,(H,29,32). The van der Waals surface area contributed by atoms with Gasteiger partial charge >= 0.3 is 0 Å². The molecule has 5 rings (SSSR count). The van der Waals surface area contributed by atoms with Crippen LogP contribution in [0, 0.1) is 0 Å². The summed E-state index contributed by atoms with van der Waals surface area (Å²) in [7, 11) is -3.51. The number of carbonyl (C=O) groups excluding carboxylic acids is 1. The first kappa shape index (κ1) is 24.3. The Hall–Kier alpha value is -3.36. The summed E-state index contributed by atoms with van der Waals surface area (Å²) in [5, 5.41) is 5.15. The lowest BCUT2D eigenvalue weighted by Gasteiger charge is -2.20. The van der Waals surface area contributed by atoms with Crippen molar-refractivity contribution in [1.82, 2.24) is 8.87 Å². The zero-order chi connectivity index (χ0) is 25.1. The van der Waals surface area contributed by atoms with Gasteiger partial charge in [-0.25, -0.2) is 8.42 Å². The fourth-order valence-electron chi connectivity index (χ4n) is 4.96. The molecular formula is C28H31N3O4S. The lowest BCUT2D eigenvalue weighted by Crippen LogP contribution is -2.31. The first-order chi connectivity index (χ1) is 17.5. The maximum atomic E-state index is 12.9. The van der Waals surface area contributed by atoms with Crippen LogP contribution in [0.4, 0.5) is 5.69 Å². The van der Waals surface area contributed by atoms with Gasteiger partial charge in [-0.1, -0.05) is 31.0 Å². The number of nitrogens with one attached hydrogen (secondary N) is 1. The van der Waals surface area contributed by atoms with E-state index in [9.17, 15) is 13.2 Å². The quantitative estimate of drug-likeness (QED) is 0.365. The molecule has 0 radical (unpaired) electrons. The molecule has 0 spiro atoms. The molecule has 8 heteroatoms. The molecule has 3 aromatic carbocycles. The average Bonchev–Trinajstić information content (AvgIpc) is 3.03. The Morgan fingerprint density at radius 3 is 2.31 bits per heavy atom. The first-order valence-corrected chi connectivity index (χ1v) is 14.0. The summed E-state index contributed by atoms with van der Waals surface area (Å²) in [6.07, 6.45) is 3.92. The fraction of sp³-hybridized carbons (Fsp3) is 0.321. The molecule has 0 bridgehead atoms. The number of rotatable bonds is 7. The molecule has 7 nitrogen and oxygen atoms in total. The molecular weight excluding hydrogens is 474 g/mol. The minimum Gasteiger partial charge on any atom is -0.484 e. The van der Waals surface area contributed by atoms with Crippen LogP contribution in [0.25, 0.3) is 21.8 Å². The number of carbonyl (C=O) groups is 1. The van der Waals surface area contributed by atoms with E-state index >= 15 is 0 Å². The third-order valence-corrected chi connectivity index (χ3v) is 8.68. The van der Waals surface area contributed by atoms with Gasteiger partial charge in [-0.3, -0.25) is 4.79 Å². The van der Waals surface area contributed by atoms with E-state index < -0.39 is 10.0 Å². The van der Waals surface area contributed by atoms with Crippen molar-refractivity contribution >= 4 is 43.4 Å². The predicted molar refractivity (Wildman–Crippen MR) is 143 cm³/mol. The molecule has 188 valence electrons. The van der Waals surface area contributed by atoms with Crippen molar-refractivity contribution in [2.24, 2.45) is 0 Å². The van der Waals surface area contributed by atoms with Crippen molar-refractivity contribution in [3.8, 4) is 5.75 Å². The smallest absolute Gasteiger partial charge is 0.262 e. The van der Waals surface area contributed by atoms with Crippen molar-refractivity contribution in [2.45, 2.75) is 44.0 Å². The Morgan fingerprint density at radius 1 is 0.889 bits per heavy atom. The van der Waals surface area contributed by atoms with Gasteiger partial charge in [0.15, 0.2) is 6.61 Å². The Kier molecular flexibility index (Phi) is 6.98. The van der Waals surface area contributed by atoms with Gasteiger partial charge in [-0.2, -0.15) is 4.31 Å². The van der Waals surface area contributed by atoms with Gasteiger partial charge in [-0.05, 0) is 68.3 Å². The molecule has 2 heterocycles. The highest BCUT2D eigenvalue weighted by molar-refractivity contribution is 7.89. The highest BCUT2D eigenvalue weighted by atomic mass is 32.2. The molecule has 1 N–H and O–H groups in total. The van der Waals surface area contributed by atoms with Gasteiger partial charge in [0, 0.05) is 47.1 Å². The summed E-state index contributed by atoms with van der Waals surface area (Å²) in [4.78, 5) is 12.8. The second-order valence-electron chi connectivity index (χ2n) is 9.12. The predicted octanol–water partition coefficient (Wildman–Crippen LogP) is 5.40. The van der Waals surface area contributed by atoms with Crippen LogP contribution in [-0.4, -0.2) is 42.9 Å². The van der Waals surface area contributed by atoms with Crippen LogP contribution >= 0.6 is 0 Å². The van der Waals surface area contributed by atoms with Crippen LogP contribution in [0.1, 0.15) is 32.6 Å². The largest absolute Gasteiger partial charge is 0.484 e. The monoisotopic (exact) mass is 505 g/mol. The summed E-state index contributed by atoms with van der Waals surface area (Å²) in [6.45, 7) is 3.93. The average molecular weight is 506 g/mol. The zero-order valence-corrected chi connectivity index (χ0v) is 21.3. The topological polar surface area (TPSA) is 80.6 Å². The van der Waals surface area contributed by atoms with Crippen LogP contribution in [0.2, 0.25) is 0 Å². The maximum absolute atomic E-state index is 12.9. The Balaban J connectivity index is 1.23. The van der Waals surface area contributed by atoms with E-state index in [0.29, 0.717) is 24.5 Å². The third-order valence-electron chi connectivity index (χ3n) is 6.77. The molecule has 1 aliphatic heterocycles. The normalized spacial score (nSPS) is 15.1. The number of ether oxygens (including phenoxy) is 1. The van der Waals surface area contributed by atoms with E-state index in [2.05, 4.69) is 28.9 Å². The lowest BCUT2D eigenvalue weighted by atomic mass is 10.1. The SMILES string of the molecule is CCn1c2ccccc2c2cc(NC(=O)COc3ccc(S(=O)(=O)N4CCCCCC4)cc3)ccc21. The molecule has 1 amide bonds. The number of para-hydroxylation sites is 1. The number of nitrogens with zero attached hydrogens (tertiary/aromatic N) is 2. The number of aromatic nitrogens is 1. The second kappa shape index (κ2) is 10.3. The van der Waals surface area contributed by atoms with Crippen molar-refractivity contribution in [3.05, 3.63) is 66.7 Å². The fourth-order valence-corrected chi connectivity index (χ4v) is 6.47. The van der Waals surface area contributed by atoms with E-state index in [0.717, 1.165) is 48.5 Å². The van der Waals surface area contributed by atoms with E-state index in [4.69, 9.17) is 4.74 Å². The number of anilines is 1. The number of amides is 1. The van der Waals surface area contributed by atoms with Gasteiger partial charge in [0.1, 0.15) is 5.75 Å². The van der Waals surface area contributed by atoms with Crippen molar-refractivity contribution in [1.29, 1.82) is 0 Å². The minimum atomic E-state index is -3.51. The zero-order valence-electron chi connectivity index (χ0n) is 20.4. The van der Waals surface area contributed by atoms with Crippen LogP contribution in [-0.2, 0) is 21.4 Å². The summed E-state index contributed by atoms with van der Waals surface area (Å²) in [5.74, 6) is 0.163. The number of benzene rings is 3. The molecule has 0 aliphatic carbocycles. The van der Waals surface area contributed by atoms with Crippen LogP contribution in [0.3, 0.4) is 0 Å². The van der Waals surface area contributed by atoms with Crippen LogP contribution < -0.4 is 10.1 Å². The number of aryl methyl sites for hydroxylation is 1. The van der Waals surface area contributed by atoms with Gasteiger partial charge in [-0.15, -0.1) is 0 Å². The van der Waals surface area contributed by atoms with Gasteiger partial charge in [0.2, 0.25) is 10.0 Å². The highest BCUT2D eigenvalue weighted by Crippen LogP contribution is 2.31. The van der Waals surface area contributed by atoms with E-state index in [-0.39, 0.29) is 17.4 Å². The second-order valence-corrected chi connectivity index (χ2v) is 11.1.